The molecule has 344 valence electrons. The Morgan fingerprint density at radius 3 is 1.60 bits per heavy atom. The normalized spacial score (nSPS) is 13.9. The van der Waals surface area contributed by atoms with Crippen LogP contribution >= 0.6 is 0 Å². The topological polar surface area (TPSA) is 32.8 Å². The van der Waals surface area contributed by atoms with Crippen molar-refractivity contribution in [2.75, 3.05) is 9.80 Å². The van der Waals surface area contributed by atoms with Gasteiger partial charge in [0.1, 0.15) is 22.3 Å². The van der Waals surface area contributed by atoms with Crippen LogP contribution in [0.3, 0.4) is 0 Å². The first-order valence-corrected chi connectivity index (χ1v) is 25.1. The molecule has 2 aromatic heterocycles. The van der Waals surface area contributed by atoms with Crippen LogP contribution in [0.2, 0.25) is 0 Å². The molecule has 0 spiro atoms. The molecule has 0 saturated heterocycles. The lowest BCUT2D eigenvalue weighted by molar-refractivity contribution is 0.655. The molecule has 2 heterocycles. The summed E-state index contributed by atoms with van der Waals surface area (Å²) in [6, 6.07) is 71.2. The Hall–Kier alpha value is -8.86. The number of hydrogen-bond acceptors (Lipinski definition) is 4. The van der Waals surface area contributed by atoms with E-state index in [2.05, 4.69) is 244 Å². The number of fused-ring (bicyclic) bond motifs is 6. The van der Waals surface area contributed by atoms with E-state index in [1.807, 2.05) is 6.07 Å². The molecular weight excluding hydrogens is 877 g/mol. The van der Waals surface area contributed by atoms with E-state index in [-0.39, 0.29) is 5.92 Å². The first kappa shape index (κ1) is 42.1. The maximum atomic E-state index is 6.63. The molecule has 0 radical (unpaired) electrons. The summed E-state index contributed by atoms with van der Waals surface area (Å²) in [5.74, 6) is 0.117. The van der Waals surface area contributed by atoms with Crippen LogP contribution < -0.4 is 9.80 Å². The van der Waals surface area contributed by atoms with Gasteiger partial charge >= 0.3 is 0 Å². The van der Waals surface area contributed by atoms with E-state index in [0.717, 1.165) is 89.9 Å². The predicted molar refractivity (Wildman–Crippen MR) is 303 cm³/mol. The molecule has 1 aliphatic rings. The average Bonchev–Trinajstić information content (AvgIpc) is 3.97. The van der Waals surface area contributed by atoms with Gasteiger partial charge in [-0.25, -0.2) is 0 Å². The second-order valence-corrected chi connectivity index (χ2v) is 20.0. The van der Waals surface area contributed by atoms with Crippen LogP contribution in [0.1, 0.15) is 40.2 Å². The highest BCUT2D eigenvalue weighted by atomic mass is 16.3. The molecule has 0 bridgehead atoms. The van der Waals surface area contributed by atoms with Gasteiger partial charge in [-0.2, -0.15) is 0 Å². The van der Waals surface area contributed by atoms with Crippen molar-refractivity contribution in [3.05, 3.63) is 246 Å². The number of benzene rings is 11. The quantitative estimate of drug-likeness (QED) is 0.142. The van der Waals surface area contributed by atoms with E-state index >= 15 is 0 Å². The number of furan rings is 2. The molecule has 0 aliphatic heterocycles. The van der Waals surface area contributed by atoms with Crippen LogP contribution in [0.5, 0.6) is 0 Å². The van der Waals surface area contributed by atoms with Gasteiger partial charge < -0.3 is 18.6 Å². The minimum atomic E-state index is 0.117. The predicted octanol–water partition coefficient (Wildman–Crippen LogP) is 19.5. The highest BCUT2D eigenvalue weighted by Crippen LogP contribution is 2.49. The van der Waals surface area contributed by atoms with Crippen LogP contribution in [0, 0.1) is 27.7 Å². The molecule has 13 aromatic rings. The van der Waals surface area contributed by atoms with E-state index < -0.39 is 0 Å². The molecule has 1 atom stereocenters. The molecular formula is C68H50N2O2. The van der Waals surface area contributed by atoms with Crippen LogP contribution in [0.25, 0.3) is 87.3 Å². The lowest BCUT2D eigenvalue weighted by atomic mass is 9.88. The van der Waals surface area contributed by atoms with Crippen molar-refractivity contribution in [1.82, 2.24) is 0 Å². The Kier molecular flexibility index (Phi) is 9.56. The van der Waals surface area contributed by atoms with Gasteiger partial charge in [0.05, 0.1) is 11.4 Å². The monoisotopic (exact) mass is 926 g/mol. The highest BCUT2D eigenvalue weighted by molar-refractivity contribution is 6.28. The Balaban J connectivity index is 0.943. The molecule has 4 nitrogen and oxygen atoms in total. The number of aryl methyl sites for hydroxylation is 4. The van der Waals surface area contributed by atoms with Gasteiger partial charge in [-0.1, -0.05) is 146 Å². The van der Waals surface area contributed by atoms with E-state index in [0.29, 0.717) is 0 Å². The van der Waals surface area contributed by atoms with Crippen molar-refractivity contribution in [3.63, 3.8) is 0 Å². The zero-order valence-corrected chi connectivity index (χ0v) is 40.7. The summed E-state index contributed by atoms with van der Waals surface area (Å²) in [7, 11) is 0. The molecule has 0 N–H and O–H groups in total. The lowest BCUT2D eigenvalue weighted by Gasteiger charge is -2.33. The number of allylic oxidation sites excluding steroid dienone is 4. The van der Waals surface area contributed by atoms with Gasteiger partial charge in [0.2, 0.25) is 0 Å². The van der Waals surface area contributed by atoms with Crippen molar-refractivity contribution < 1.29 is 8.83 Å². The molecule has 0 saturated carbocycles. The summed E-state index contributed by atoms with van der Waals surface area (Å²) in [6.45, 7) is 8.80. The largest absolute Gasteiger partial charge is 0.456 e. The third kappa shape index (κ3) is 6.74. The summed E-state index contributed by atoms with van der Waals surface area (Å²) in [5.41, 5.74) is 18.8. The molecule has 0 amide bonds. The number of para-hydroxylation sites is 4. The molecule has 0 fully saturated rings. The van der Waals surface area contributed by atoms with Gasteiger partial charge in [-0.15, -0.1) is 0 Å². The maximum absolute atomic E-state index is 6.63. The SMILES string of the molecule is Cc1cc(C)cc(N(C2=CC=CC(c3cccc4c3oc3ccccc34)C2)c2ccc3ccc4c(N(c5cc(C)cc(C)c5)c5cccc(-c6cccc7c6oc6ccccc67)c5)ccc5ccc2c3c54)c1. The van der Waals surface area contributed by atoms with E-state index in [9.17, 15) is 0 Å². The Bertz CT molecular complexity index is 4350. The Morgan fingerprint density at radius 1 is 0.417 bits per heavy atom. The van der Waals surface area contributed by atoms with Gasteiger partial charge in [0.25, 0.3) is 0 Å². The van der Waals surface area contributed by atoms with Crippen molar-refractivity contribution in [3.8, 4) is 11.1 Å². The van der Waals surface area contributed by atoms with Crippen molar-refractivity contribution >= 4 is 105 Å². The van der Waals surface area contributed by atoms with Crippen molar-refractivity contribution in [2.45, 2.75) is 40.0 Å². The molecule has 72 heavy (non-hydrogen) atoms. The van der Waals surface area contributed by atoms with Gasteiger partial charge in [0.15, 0.2) is 0 Å². The van der Waals surface area contributed by atoms with Crippen molar-refractivity contribution in [1.29, 1.82) is 0 Å². The summed E-state index contributed by atoms with van der Waals surface area (Å²) >= 11 is 0. The zero-order chi connectivity index (χ0) is 48.2. The summed E-state index contributed by atoms with van der Waals surface area (Å²) in [5, 5.41) is 11.9. The standard InChI is InChI=1S/C68H50N2O2/c1-41-33-42(2)36-51(35-41)69(49-15-9-13-47(39-49)53-19-11-21-57-55-17-5-7-23-63(55)71-67(53)57)61-31-27-45-26-30-60-62(32-28-46-25-29-59(61)65(45)66(46)60)70(52-37-43(3)34-44(4)38-52)50-16-10-14-48(40-50)54-20-12-22-58-56-18-6-8-24-64(56)72-68(54)58/h5-39,48H,40H2,1-4H3. The second kappa shape index (κ2) is 16.4. The fourth-order valence-corrected chi connectivity index (χ4v) is 12.1. The Labute approximate surface area is 418 Å². The summed E-state index contributed by atoms with van der Waals surface area (Å²) in [4.78, 5) is 4.98. The van der Waals surface area contributed by atoms with Crippen molar-refractivity contribution in [2.24, 2.45) is 0 Å². The third-order valence-corrected chi connectivity index (χ3v) is 15.0. The molecule has 1 aliphatic carbocycles. The maximum Gasteiger partial charge on any atom is 0.143 e. The highest BCUT2D eigenvalue weighted by Gasteiger charge is 2.27. The fourth-order valence-electron chi connectivity index (χ4n) is 12.1. The number of hydrogen-bond donors (Lipinski definition) is 0. The Morgan fingerprint density at radius 2 is 0.944 bits per heavy atom. The lowest BCUT2D eigenvalue weighted by Crippen LogP contribution is -2.20. The molecule has 4 heteroatoms. The van der Waals surface area contributed by atoms with Crippen LogP contribution in [0.15, 0.2) is 227 Å². The molecule has 14 rings (SSSR count). The minimum absolute atomic E-state index is 0.117. The fraction of sp³-hybridized carbons (Fsp3) is 0.0882. The second-order valence-electron chi connectivity index (χ2n) is 20.0. The number of anilines is 5. The first-order valence-electron chi connectivity index (χ1n) is 25.1. The molecule has 1 unspecified atom stereocenters. The van der Waals surface area contributed by atoms with Crippen LogP contribution in [0.4, 0.5) is 28.4 Å². The van der Waals surface area contributed by atoms with E-state index in [4.69, 9.17) is 8.83 Å². The number of nitrogens with zero attached hydrogens (tertiary/aromatic N) is 2. The van der Waals surface area contributed by atoms with E-state index in [1.54, 1.807) is 0 Å². The van der Waals surface area contributed by atoms with Crippen LogP contribution in [-0.2, 0) is 0 Å². The van der Waals surface area contributed by atoms with E-state index in [1.165, 1.54) is 65.8 Å². The summed E-state index contributed by atoms with van der Waals surface area (Å²) < 4.78 is 13.2. The first-order chi connectivity index (χ1) is 35.3. The van der Waals surface area contributed by atoms with Crippen LogP contribution in [-0.4, -0.2) is 0 Å². The van der Waals surface area contributed by atoms with Gasteiger partial charge in [0, 0.05) is 72.1 Å². The third-order valence-electron chi connectivity index (χ3n) is 15.0. The number of rotatable bonds is 8. The zero-order valence-electron chi connectivity index (χ0n) is 40.7. The summed E-state index contributed by atoms with van der Waals surface area (Å²) in [6.07, 6.45) is 7.71. The minimum Gasteiger partial charge on any atom is -0.456 e. The average molecular weight is 927 g/mol. The van der Waals surface area contributed by atoms with Gasteiger partial charge in [-0.05, 0) is 150 Å². The molecule has 11 aromatic carbocycles. The smallest absolute Gasteiger partial charge is 0.143 e. The van der Waals surface area contributed by atoms with Gasteiger partial charge in [-0.3, -0.25) is 0 Å².